The number of nitro groups is 1. The van der Waals surface area contributed by atoms with Gasteiger partial charge in [-0.05, 0) is 19.8 Å². The fourth-order valence-corrected chi connectivity index (χ4v) is 2.79. The minimum absolute atomic E-state index is 0.0174. The molecule has 1 aliphatic rings. The van der Waals surface area contributed by atoms with Crippen LogP contribution >= 0.6 is 0 Å². The van der Waals surface area contributed by atoms with Gasteiger partial charge in [-0.3, -0.25) is 14.9 Å². The van der Waals surface area contributed by atoms with Gasteiger partial charge in [-0.15, -0.1) is 0 Å². The molecule has 1 aliphatic heterocycles. The summed E-state index contributed by atoms with van der Waals surface area (Å²) in [7, 11) is 3.30. The van der Waals surface area contributed by atoms with Gasteiger partial charge in [-0.25, -0.2) is 4.68 Å². The van der Waals surface area contributed by atoms with Crippen LogP contribution in [0.1, 0.15) is 18.5 Å². The second-order valence-corrected chi connectivity index (χ2v) is 5.04. The Bertz CT molecular complexity index is 539. The molecule has 1 amide bonds. The summed E-state index contributed by atoms with van der Waals surface area (Å²) in [5, 5.41) is 18.0. The number of hydrogen-bond acceptors (Lipinski definition) is 5. The van der Waals surface area contributed by atoms with Crippen LogP contribution in [0.25, 0.3) is 0 Å². The molecule has 8 heteroatoms. The molecule has 1 N–H and O–H groups in total. The Hall–Kier alpha value is -2.12. The van der Waals surface area contributed by atoms with E-state index in [9.17, 15) is 14.9 Å². The second kappa shape index (κ2) is 5.48. The van der Waals surface area contributed by atoms with E-state index in [0.29, 0.717) is 24.6 Å². The van der Waals surface area contributed by atoms with Gasteiger partial charge < -0.3 is 10.2 Å². The largest absolute Gasteiger partial charge is 0.359 e. The van der Waals surface area contributed by atoms with Gasteiger partial charge in [0.25, 0.3) is 0 Å². The number of amides is 1. The van der Waals surface area contributed by atoms with Crippen LogP contribution in [0.15, 0.2) is 0 Å². The number of nitrogens with one attached hydrogen (secondary N) is 1. The van der Waals surface area contributed by atoms with E-state index in [-0.39, 0.29) is 17.5 Å². The summed E-state index contributed by atoms with van der Waals surface area (Å²) in [6.07, 6.45) is 1.64. The number of carbonyl (C=O) groups is 1. The maximum Gasteiger partial charge on any atom is 0.333 e. The summed E-state index contributed by atoms with van der Waals surface area (Å²) >= 11 is 0. The van der Waals surface area contributed by atoms with Gasteiger partial charge in [0.1, 0.15) is 5.69 Å². The smallest absolute Gasteiger partial charge is 0.333 e. The zero-order valence-electron chi connectivity index (χ0n) is 11.9. The molecule has 1 aromatic rings. The van der Waals surface area contributed by atoms with Crippen molar-refractivity contribution in [1.82, 2.24) is 15.1 Å². The van der Waals surface area contributed by atoms with Gasteiger partial charge in [0, 0.05) is 27.2 Å². The van der Waals surface area contributed by atoms with E-state index in [1.165, 1.54) is 4.68 Å². The highest BCUT2D eigenvalue weighted by Crippen LogP contribution is 2.33. The van der Waals surface area contributed by atoms with Crippen molar-refractivity contribution in [3.05, 3.63) is 15.8 Å². The standard InChI is InChI=1S/C12H19N5O3/c1-8-10(17(19)20)12(15(3)14-8)16-6-4-5-9(7-16)11(18)13-2/h9H,4-7H2,1-3H3,(H,13,18)/t9-/m0/s1. The van der Waals surface area contributed by atoms with Crippen LogP contribution in [0.4, 0.5) is 11.5 Å². The summed E-state index contributed by atoms with van der Waals surface area (Å²) in [6.45, 7) is 2.81. The number of piperidine rings is 1. The first-order valence-electron chi connectivity index (χ1n) is 6.60. The van der Waals surface area contributed by atoms with Crippen molar-refractivity contribution in [1.29, 1.82) is 0 Å². The van der Waals surface area contributed by atoms with E-state index >= 15 is 0 Å². The molecule has 1 saturated heterocycles. The summed E-state index contributed by atoms with van der Waals surface area (Å²) in [6, 6.07) is 0. The molecule has 1 atom stereocenters. The quantitative estimate of drug-likeness (QED) is 0.647. The predicted molar refractivity (Wildman–Crippen MR) is 73.6 cm³/mol. The minimum Gasteiger partial charge on any atom is -0.359 e. The lowest BCUT2D eigenvalue weighted by molar-refractivity contribution is -0.384. The fourth-order valence-electron chi connectivity index (χ4n) is 2.79. The lowest BCUT2D eigenvalue weighted by Gasteiger charge is -2.32. The number of aromatic nitrogens is 2. The lowest BCUT2D eigenvalue weighted by atomic mass is 9.97. The van der Waals surface area contributed by atoms with Gasteiger partial charge >= 0.3 is 5.69 Å². The van der Waals surface area contributed by atoms with Crippen LogP contribution in [0.5, 0.6) is 0 Å². The molecule has 0 aromatic carbocycles. The Morgan fingerprint density at radius 3 is 2.85 bits per heavy atom. The average molecular weight is 281 g/mol. The van der Waals surface area contributed by atoms with Crippen LogP contribution in [-0.2, 0) is 11.8 Å². The lowest BCUT2D eigenvalue weighted by Crippen LogP contribution is -2.43. The Kier molecular flexibility index (Phi) is 3.91. The Morgan fingerprint density at radius 1 is 1.55 bits per heavy atom. The monoisotopic (exact) mass is 281 g/mol. The Labute approximate surface area is 116 Å². The van der Waals surface area contributed by atoms with Crippen molar-refractivity contribution in [3.8, 4) is 0 Å². The average Bonchev–Trinajstić information content (AvgIpc) is 2.72. The molecule has 1 fully saturated rings. The third kappa shape index (κ3) is 2.45. The van der Waals surface area contributed by atoms with Crippen molar-refractivity contribution in [2.45, 2.75) is 19.8 Å². The van der Waals surface area contributed by atoms with E-state index in [4.69, 9.17) is 0 Å². The van der Waals surface area contributed by atoms with E-state index in [1.807, 2.05) is 4.90 Å². The van der Waals surface area contributed by atoms with Crippen LogP contribution < -0.4 is 10.2 Å². The molecule has 0 saturated carbocycles. The number of nitrogens with zero attached hydrogens (tertiary/aromatic N) is 4. The molecule has 0 radical (unpaired) electrons. The third-order valence-electron chi connectivity index (χ3n) is 3.68. The van der Waals surface area contributed by atoms with Gasteiger partial charge in [0.05, 0.1) is 10.8 Å². The van der Waals surface area contributed by atoms with Gasteiger partial charge in [0.15, 0.2) is 0 Å². The SMILES string of the molecule is CNC(=O)[C@H]1CCCN(c2c([N+](=O)[O-])c(C)nn2C)C1. The molecule has 0 unspecified atom stereocenters. The molecule has 2 rings (SSSR count). The van der Waals surface area contributed by atoms with Crippen molar-refractivity contribution >= 4 is 17.4 Å². The van der Waals surface area contributed by atoms with Crippen molar-refractivity contribution < 1.29 is 9.72 Å². The minimum atomic E-state index is -0.402. The van der Waals surface area contributed by atoms with E-state index < -0.39 is 4.92 Å². The molecule has 8 nitrogen and oxygen atoms in total. The Morgan fingerprint density at radius 2 is 2.25 bits per heavy atom. The number of aryl methyl sites for hydroxylation is 2. The fraction of sp³-hybridized carbons (Fsp3) is 0.667. The van der Waals surface area contributed by atoms with Gasteiger partial charge in [-0.2, -0.15) is 5.10 Å². The number of rotatable bonds is 3. The number of hydrogen-bond donors (Lipinski definition) is 1. The number of carbonyl (C=O) groups excluding carboxylic acids is 1. The molecule has 1 aromatic heterocycles. The van der Waals surface area contributed by atoms with Gasteiger partial charge in [0.2, 0.25) is 11.7 Å². The molecule has 20 heavy (non-hydrogen) atoms. The first-order chi connectivity index (χ1) is 9.45. The molecular weight excluding hydrogens is 262 g/mol. The normalized spacial score (nSPS) is 18.9. The van der Waals surface area contributed by atoms with Crippen LogP contribution in [0.3, 0.4) is 0 Å². The summed E-state index contributed by atoms with van der Waals surface area (Å²) in [5.74, 6) is 0.334. The van der Waals surface area contributed by atoms with E-state index in [1.54, 1.807) is 21.0 Å². The van der Waals surface area contributed by atoms with Crippen LogP contribution in [-0.4, -0.2) is 40.7 Å². The number of anilines is 1. The molecule has 0 spiro atoms. The molecular formula is C12H19N5O3. The van der Waals surface area contributed by atoms with Gasteiger partial charge in [-0.1, -0.05) is 0 Å². The summed E-state index contributed by atoms with van der Waals surface area (Å²) in [4.78, 5) is 24.5. The van der Waals surface area contributed by atoms with Crippen LogP contribution in [0, 0.1) is 23.0 Å². The summed E-state index contributed by atoms with van der Waals surface area (Å²) in [5.41, 5.74) is 0.430. The highest BCUT2D eigenvalue weighted by Gasteiger charge is 2.33. The zero-order chi connectivity index (χ0) is 14.9. The van der Waals surface area contributed by atoms with Crippen LogP contribution in [0.2, 0.25) is 0 Å². The molecule has 2 heterocycles. The first kappa shape index (κ1) is 14.3. The Balaban J connectivity index is 2.32. The van der Waals surface area contributed by atoms with Crippen molar-refractivity contribution in [3.63, 3.8) is 0 Å². The second-order valence-electron chi connectivity index (χ2n) is 5.04. The molecule has 110 valence electrons. The third-order valence-corrected chi connectivity index (χ3v) is 3.68. The highest BCUT2D eigenvalue weighted by atomic mass is 16.6. The van der Waals surface area contributed by atoms with E-state index in [2.05, 4.69) is 10.4 Å². The topological polar surface area (TPSA) is 93.3 Å². The zero-order valence-corrected chi connectivity index (χ0v) is 11.9. The first-order valence-corrected chi connectivity index (χ1v) is 6.60. The predicted octanol–water partition coefficient (Wildman–Crippen LogP) is 0.599. The van der Waals surface area contributed by atoms with Crippen molar-refractivity contribution in [2.24, 2.45) is 13.0 Å². The van der Waals surface area contributed by atoms with E-state index in [0.717, 1.165) is 12.8 Å². The maximum absolute atomic E-state index is 11.8. The van der Waals surface area contributed by atoms with Crippen molar-refractivity contribution in [2.75, 3.05) is 25.0 Å². The molecule has 0 aliphatic carbocycles. The summed E-state index contributed by atoms with van der Waals surface area (Å²) < 4.78 is 1.53. The molecule has 0 bridgehead atoms. The highest BCUT2D eigenvalue weighted by molar-refractivity contribution is 5.79. The maximum atomic E-state index is 11.8.